The zero-order valence-electron chi connectivity index (χ0n) is 16.1. The highest BCUT2D eigenvalue weighted by molar-refractivity contribution is 5.81. The van der Waals surface area contributed by atoms with Crippen LogP contribution in [0.4, 0.5) is 5.95 Å². The van der Waals surface area contributed by atoms with Crippen LogP contribution in [0, 0.1) is 5.92 Å². The van der Waals surface area contributed by atoms with Gasteiger partial charge in [0.15, 0.2) is 0 Å². The second-order valence-electron chi connectivity index (χ2n) is 7.90. The van der Waals surface area contributed by atoms with Crippen molar-refractivity contribution >= 4 is 11.9 Å². The lowest BCUT2D eigenvalue weighted by Gasteiger charge is -2.33. The minimum atomic E-state index is 0.244. The first-order valence-electron chi connectivity index (χ1n) is 9.94. The van der Waals surface area contributed by atoms with Crippen molar-refractivity contribution in [3.05, 3.63) is 36.4 Å². The van der Waals surface area contributed by atoms with Gasteiger partial charge in [0.2, 0.25) is 11.9 Å². The van der Waals surface area contributed by atoms with E-state index in [0.717, 1.165) is 61.5 Å². The monoisotopic (exact) mass is 365 g/mol. The number of anilines is 1. The number of nitrogens with one attached hydrogen (secondary N) is 1. The largest absolute Gasteiger partial charge is 0.353 e. The highest BCUT2D eigenvalue weighted by Gasteiger charge is 2.32. The number of piperidine rings is 1. The first kappa shape index (κ1) is 17.9. The molecular weight excluding hydrogens is 338 g/mol. The van der Waals surface area contributed by atoms with Crippen LogP contribution in [0.1, 0.15) is 51.1 Å². The van der Waals surface area contributed by atoms with E-state index in [0.29, 0.717) is 5.92 Å². The van der Waals surface area contributed by atoms with Crippen molar-refractivity contribution in [2.45, 2.75) is 51.5 Å². The predicted octanol–water partition coefficient (Wildman–Crippen LogP) is 3.16. The highest BCUT2D eigenvalue weighted by atomic mass is 16.2. The van der Waals surface area contributed by atoms with Gasteiger partial charge in [-0.15, -0.1) is 0 Å². The Kier molecular flexibility index (Phi) is 5.05. The molecule has 27 heavy (non-hydrogen) atoms. The van der Waals surface area contributed by atoms with Gasteiger partial charge < -0.3 is 10.2 Å². The summed E-state index contributed by atoms with van der Waals surface area (Å²) in [6.07, 6.45) is 9.55. The lowest BCUT2D eigenvalue weighted by molar-refractivity contribution is -0.123. The van der Waals surface area contributed by atoms with E-state index in [1.165, 1.54) is 0 Å². The van der Waals surface area contributed by atoms with Crippen LogP contribution in [0.3, 0.4) is 0 Å². The standard InChI is InChI=1S/C21H27N5O/c1-14(2)19-18(15-5-9-22-10-6-15)13-23-21(25-19)26-11-7-17(8-12-26)24-20(27)16-3-4-16/h5-6,9-10,13-14,16-17H,3-4,7-8,11-12H2,1-2H3,(H,24,27). The van der Waals surface area contributed by atoms with E-state index in [1.54, 1.807) is 12.4 Å². The summed E-state index contributed by atoms with van der Waals surface area (Å²) in [4.78, 5) is 27.9. The molecule has 0 radical (unpaired) electrons. The van der Waals surface area contributed by atoms with Crippen LogP contribution in [-0.2, 0) is 4.79 Å². The number of carbonyl (C=O) groups is 1. The molecule has 1 saturated carbocycles. The molecule has 1 aliphatic carbocycles. The van der Waals surface area contributed by atoms with Crippen molar-refractivity contribution in [3.63, 3.8) is 0 Å². The summed E-state index contributed by atoms with van der Waals surface area (Å²) in [6, 6.07) is 4.28. The van der Waals surface area contributed by atoms with Crippen LogP contribution in [0.15, 0.2) is 30.7 Å². The second-order valence-corrected chi connectivity index (χ2v) is 7.90. The molecule has 2 aromatic heterocycles. The molecular formula is C21H27N5O. The van der Waals surface area contributed by atoms with Crippen molar-refractivity contribution in [3.8, 4) is 11.1 Å². The molecule has 1 N–H and O–H groups in total. The fraction of sp³-hybridized carbons (Fsp3) is 0.524. The molecule has 0 spiro atoms. The third-order valence-electron chi connectivity index (χ3n) is 5.42. The van der Waals surface area contributed by atoms with Crippen LogP contribution in [0.5, 0.6) is 0 Å². The number of pyridine rings is 1. The van der Waals surface area contributed by atoms with Crippen molar-refractivity contribution in [2.75, 3.05) is 18.0 Å². The van der Waals surface area contributed by atoms with Crippen LogP contribution >= 0.6 is 0 Å². The second kappa shape index (κ2) is 7.62. The molecule has 6 nitrogen and oxygen atoms in total. The minimum absolute atomic E-state index is 0.244. The average Bonchev–Trinajstić information content (AvgIpc) is 3.54. The summed E-state index contributed by atoms with van der Waals surface area (Å²) < 4.78 is 0. The smallest absolute Gasteiger partial charge is 0.225 e. The van der Waals surface area contributed by atoms with Gasteiger partial charge in [-0.25, -0.2) is 9.97 Å². The highest BCUT2D eigenvalue weighted by Crippen LogP contribution is 2.30. The Labute approximate surface area is 160 Å². The molecule has 2 fully saturated rings. The molecule has 0 aromatic carbocycles. The SMILES string of the molecule is CC(C)c1nc(N2CCC(NC(=O)C3CC3)CC2)ncc1-c1ccncc1. The Morgan fingerprint density at radius 3 is 2.48 bits per heavy atom. The van der Waals surface area contributed by atoms with Crippen LogP contribution in [0.2, 0.25) is 0 Å². The Morgan fingerprint density at radius 2 is 1.85 bits per heavy atom. The number of carbonyl (C=O) groups excluding carboxylic acids is 1. The van der Waals surface area contributed by atoms with Gasteiger partial charge >= 0.3 is 0 Å². The maximum absolute atomic E-state index is 12.0. The summed E-state index contributed by atoms with van der Waals surface area (Å²) >= 11 is 0. The summed E-state index contributed by atoms with van der Waals surface area (Å²) in [6.45, 7) is 6.08. The predicted molar refractivity (Wildman–Crippen MR) is 105 cm³/mol. The number of nitrogens with zero attached hydrogens (tertiary/aromatic N) is 4. The number of rotatable bonds is 5. The first-order valence-corrected chi connectivity index (χ1v) is 9.94. The quantitative estimate of drug-likeness (QED) is 0.881. The van der Waals surface area contributed by atoms with Crippen molar-refractivity contribution in [1.82, 2.24) is 20.3 Å². The minimum Gasteiger partial charge on any atom is -0.353 e. The number of aromatic nitrogens is 3. The van der Waals surface area contributed by atoms with Gasteiger partial charge in [0.1, 0.15) is 0 Å². The van der Waals surface area contributed by atoms with Crippen molar-refractivity contribution in [1.29, 1.82) is 0 Å². The number of hydrogen-bond acceptors (Lipinski definition) is 5. The third-order valence-corrected chi connectivity index (χ3v) is 5.42. The Morgan fingerprint density at radius 1 is 1.15 bits per heavy atom. The lowest BCUT2D eigenvalue weighted by atomic mass is 10.00. The van der Waals surface area contributed by atoms with Crippen molar-refractivity contribution < 1.29 is 4.79 Å². The molecule has 1 amide bonds. The van der Waals surface area contributed by atoms with E-state index in [9.17, 15) is 4.79 Å². The lowest BCUT2D eigenvalue weighted by Crippen LogP contribution is -2.45. The zero-order chi connectivity index (χ0) is 18.8. The summed E-state index contributed by atoms with van der Waals surface area (Å²) in [5.41, 5.74) is 3.24. The van der Waals surface area contributed by atoms with Gasteiger partial charge in [-0.3, -0.25) is 9.78 Å². The summed E-state index contributed by atoms with van der Waals surface area (Å²) in [5.74, 6) is 1.63. The molecule has 4 rings (SSSR count). The third kappa shape index (κ3) is 4.10. The van der Waals surface area contributed by atoms with E-state index in [1.807, 2.05) is 18.3 Å². The van der Waals surface area contributed by atoms with E-state index in [-0.39, 0.29) is 17.9 Å². The van der Waals surface area contributed by atoms with Gasteiger partial charge in [-0.05, 0) is 49.3 Å². The van der Waals surface area contributed by atoms with Crippen LogP contribution < -0.4 is 10.2 Å². The average molecular weight is 365 g/mol. The van der Waals surface area contributed by atoms with Gasteiger partial charge in [0.25, 0.3) is 0 Å². The first-order chi connectivity index (χ1) is 13.1. The molecule has 6 heteroatoms. The molecule has 3 heterocycles. The molecule has 2 aliphatic rings. The van der Waals surface area contributed by atoms with Crippen molar-refractivity contribution in [2.24, 2.45) is 5.92 Å². The molecule has 1 saturated heterocycles. The van der Waals surface area contributed by atoms with E-state index >= 15 is 0 Å². The Balaban J connectivity index is 1.46. The molecule has 2 aromatic rings. The normalized spacial score (nSPS) is 18.0. The summed E-state index contributed by atoms with van der Waals surface area (Å²) in [5, 5.41) is 3.20. The van der Waals surface area contributed by atoms with Crippen LogP contribution in [-0.4, -0.2) is 40.0 Å². The maximum atomic E-state index is 12.0. The number of hydrogen-bond donors (Lipinski definition) is 1. The fourth-order valence-corrected chi connectivity index (χ4v) is 3.62. The summed E-state index contributed by atoms with van der Waals surface area (Å²) in [7, 11) is 0. The van der Waals surface area contributed by atoms with Gasteiger partial charge in [-0.1, -0.05) is 13.8 Å². The fourth-order valence-electron chi connectivity index (χ4n) is 3.62. The molecule has 142 valence electrons. The van der Waals surface area contributed by atoms with Gasteiger partial charge in [0.05, 0.1) is 5.69 Å². The van der Waals surface area contributed by atoms with Crippen LogP contribution in [0.25, 0.3) is 11.1 Å². The topological polar surface area (TPSA) is 71.0 Å². The maximum Gasteiger partial charge on any atom is 0.225 e. The van der Waals surface area contributed by atoms with Gasteiger partial charge in [-0.2, -0.15) is 0 Å². The molecule has 1 aliphatic heterocycles. The Hall–Kier alpha value is -2.50. The van der Waals surface area contributed by atoms with E-state index < -0.39 is 0 Å². The molecule has 0 bridgehead atoms. The number of amides is 1. The van der Waals surface area contributed by atoms with E-state index in [2.05, 4.69) is 34.0 Å². The molecule has 0 atom stereocenters. The zero-order valence-corrected chi connectivity index (χ0v) is 16.1. The van der Waals surface area contributed by atoms with Gasteiger partial charge in [0, 0.05) is 49.2 Å². The Bertz CT molecular complexity index is 795. The van der Waals surface area contributed by atoms with E-state index in [4.69, 9.17) is 4.98 Å². The molecule has 0 unspecified atom stereocenters.